The van der Waals surface area contributed by atoms with E-state index in [1.165, 1.54) is 4.68 Å². The van der Waals surface area contributed by atoms with E-state index in [1.54, 1.807) is 50.8 Å². The Morgan fingerprint density at radius 2 is 1.47 bits per heavy atom. The number of fused-ring (bicyclic) bond motifs is 1. The van der Waals surface area contributed by atoms with E-state index in [0.29, 0.717) is 33.8 Å². The van der Waals surface area contributed by atoms with Gasteiger partial charge in [0, 0.05) is 16.7 Å². The summed E-state index contributed by atoms with van der Waals surface area (Å²) in [5, 5.41) is 16.2. The van der Waals surface area contributed by atoms with Crippen molar-refractivity contribution in [3.05, 3.63) is 81.6 Å². The zero-order valence-corrected chi connectivity index (χ0v) is 23.3. The zero-order valence-electron chi connectivity index (χ0n) is 23.3. The van der Waals surface area contributed by atoms with E-state index in [2.05, 4.69) is 46.6 Å². The first-order chi connectivity index (χ1) is 17.8. The Labute approximate surface area is 223 Å². The third kappa shape index (κ3) is 5.14. The Kier molecular flexibility index (Phi) is 7.06. The van der Waals surface area contributed by atoms with Crippen LogP contribution >= 0.6 is 0 Å². The Bertz CT molecular complexity index is 1550. The van der Waals surface area contributed by atoms with Crippen LogP contribution < -0.4 is 15.0 Å². The van der Waals surface area contributed by atoms with Crippen molar-refractivity contribution < 1.29 is 14.6 Å². The minimum Gasteiger partial charge on any atom is -0.507 e. The fraction of sp³-hybridized carbons (Fsp3) is 0.323. The first-order valence-corrected chi connectivity index (χ1v) is 12.5. The highest BCUT2D eigenvalue weighted by molar-refractivity contribution is 5.83. The van der Waals surface area contributed by atoms with Crippen molar-refractivity contribution in [3.63, 3.8) is 0 Å². The lowest BCUT2D eigenvalue weighted by molar-refractivity contribution is 0.355. The summed E-state index contributed by atoms with van der Waals surface area (Å²) in [5.74, 6) is 1.75. The van der Waals surface area contributed by atoms with Crippen molar-refractivity contribution >= 4 is 17.1 Å². The Balaban J connectivity index is 1.96. The molecule has 0 atom stereocenters. The summed E-state index contributed by atoms with van der Waals surface area (Å²) in [6, 6.07) is 16.4. The highest BCUT2D eigenvalue weighted by atomic mass is 16.5. The number of phenolic OH excluding ortho intramolecular Hbond substituents is 1. The van der Waals surface area contributed by atoms with Crippen LogP contribution in [0.5, 0.6) is 17.2 Å². The predicted molar refractivity (Wildman–Crippen MR) is 153 cm³/mol. The molecule has 0 aliphatic carbocycles. The van der Waals surface area contributed by atoms with Gasteiger partial charge in [0.25, 0.3) is 5.56 Å². The molecule has 38 heavy (non-hydrogen) atoms. The number of benzene rings is 3. The van der Waals surface area contributed by atoms with E-state index in [-0.39, 0.29) is 22.1 Å². The van der Waals surface area contributed by atoms with Crippen LogP contribution in [0.15, 0.2) is 64.5 Å². The topological polar surface area (TPSA) is 85.9 Å². The summed E-state index contributed by atoms with van der Waals surface area (Å²) in [6.07, 6.45) is 1.64. The lowest BCUT2D eigenvalue weighted by Gasteiger charge is -2.27. The molecule has 0 saturated carbocycles. The third-order valence-electron chi connectivity index (χ3n) is 6.47. The standard InChI is InChI=1S/C31H35N3O4/c1-30(2,3)22-15-19(16-23(27(22)35)31(4,5)6)18-32-34-28(20-13-14-25(37-7)26(17-20)38-8)33-24-12-10-9-11-21(24)29(34)36/h9-18,35H,1-8H3. The number of aromatic hydroxyl groups is 1. The van der Waals surface area contributed by atoms with Gasteiger partial charge in [-0.2, -0.15) is 9.78 Å². The molecule has 0 bridgehead atoms. The monoisotopic (exact) mass is 513 g/mol. The maximum atomic E-state index is 13.6. The summed E-state index contributed by atoms with van der Waals surface area (Å²) in [6.45, 7) is 12.3. The number of aromatic nitrogens is 2. The predicted octanol–water partition coefficient (Wildman–Crippen LogP) is 6.26. The molecule has 1 N–H and O–H groups in total. The molecule has 4 aromatic rings. The van der Waals surface area contributed by atoms with Crippen molar-refractivity contribution in [2.45, 2.75) is 52.4 Å². The molecule has 0 aliphatic rings. The van der Waals surface area contributed by atoms with Crippen LogP contribution in [0.25, 0.3) is 22.3 Å². The molecule has 7 nitrogen and oxygen atoms in total. The second kappa shape index (κ2) is 9.97. The van der Waals surface area contributed by atoms with Crippen LogP contribution in [0, 0.1) is 0 Å². The van der Waals surface area contributed by atoms with Crippen LogP contribution in [0.3, 0.4) is 0 Å². The van der Waals surface area contributed by atoms with Crippen LogP contribution in [0.1, 0.15) is 58.2 Å². The minimum absolute atomic E-state index is 0.289. The van der Waals surface area contributed by atoms with E-state index in [0.717, 1.165) is 16.7 Å². The zero-order chi connectivity index (χ0) is 27.8. The molecule has 1 aromatic heterocycles. The van der Waals surface area contributed by atoms with E-state index in [1.807, 2.05) is 24.3 Å². The minimum atomic E-state index is -0.292. The third-order valence-corrected chi connectivity index (χ3v) is 6.47. The molecule has 198 valence electrons. The van der Waals surface area contributed by atoms with E-state index < -0.39 is 0 Å². The largest absolute Gasteiger partial charge is 0.507 e. The number of methoxy groups -OCH3 is 2. The normalized spacial score (nSPS) is 12.3. The molecule has 7 heteroatoms. The van der Waals surface area contributed by atoms with E-state index in [9.17, 15) is 9.90 Å². The molecule has 3 aromatic carbocycles. The summed E-state index contributed by atoms with van der Waals surface area (Å²) in [5.41, 5.74) is 2.76. The summed E-state index contributed by atoms with van der Waals surface area (Å²) in [4.78, 5) is 18.4. The van der Waals surface area contributed by atoms with Gasteiger partial charge in [0.1, 0.15) is 5.75 Å². The van der Waals surface area contributed by atoms with Gasteiger partial charge < -0.3 is 14.6 Å². The van der Waals surface area contributed by atoms with E-state index >= 15 is 0 Å². The van der Waals surface area contributed by atoms with Gasteiger partial charge in [-0.3, -0.25) is 4.79 Å². The first-order valence-electron chi connectivity index (χ1n) is 12.5. The molecular weight excluding hydrogens is 478 g/mol. The van der Waals surface area contributed by atoms with Gasteiger partial charge in [0.05, 0.1) is 31.3 Å². The number of hydrogen-bond donors (Lipinski definition) is 1. The van der Waals surface area contributed by atoms with Crippen molar-refractivity contribution in [1.29, 1.82) is 0 Å². The van der Waals surface area contributed by atoms with Crippen LogP contribution in [-0.4, -0.2) is 35.2 Å². The van der Waals surface area contributed by atoms with Crippen LogP contribution in [-0.2, 0) is 10.8 Å². The van der Waals surface area contributed by atoms with Gasteiger partial charge in [0.2, 0.25) is 0 Å². The lowest BCUT2D eigenvalue weighted by Crippen LogP contribution is -2.21. The molecule has 1 heterocycles. The SMILES string of the molecule is COc1ccc(-c2nc3ccccc3c(=O)n2N=Cc2cc(C(C)(C)C)c(O)c(C(C)(C)C)c2)cc1OC. The number of rotatable bonds is 5. The van der Waals surface area contributed by atoms with Crippen LogP contribution in [0.2, 0.25) is 0 Å². The first kappa shape index (κ1) is 26.9. The molecular formula is C31H35N3O4. The Hall–Kier alpha value is -4.13. The van der Waals surface area contributed by atoms with E-state index in [4.69, 9.17) is 14.5 Å². The Morgan fingerprint density at radius 3 is 2.05 bits per heavy atom. The number of hydrogen-bond acceptors (Lipinski definition) is 6. The van der Waals surface area contributed by atoms with Crippen LogP contribution in [0.4, 0.5) is 0 Å². The van der Waals surface area contributed by atoms with Gasteiger partial charge in [0.15, 0.2) is 17.3 Å². The van der Waals surface area contributed by atoms with Gasteiger partial charge >= 0.3 is 0 Å². The fourth-order valence-corrected chi connectivity index (χ4v) is 4.39. The number of ether oxygens (including phenoxy) is 2. The molecule has 0 unspecified atom stereocenters. The Morgan fingerprint density at radius 1 is 0.868 bits per heavy atom. The second-order valence-corrected chi connectivity index (χ2v) is 11.3. The van der Waals surface area contributed by atoms with Gasteiger partial charge in [-0.05, 0) is 58.9 Å². The number of phenols is 1. The van der Waals surface area contributed by atoms with Crippen molar-refractivity contribution in [1.82, 2.24) is 9.66 Å². The van der Waals surface area contributed by atoms with Crippen molar-refractivity contribution in [2.24, 2.45) is 5.10 Å². The van der Waals surface area contributed by atoms with Gasteiger partial charge in [-0.1, -0.05) is 53.7 Å². The molecule has 0 spiro atoms. The maximum absolute atomic E-state index is 13.6. The number of para-hydroxylation sites is 1. The molecule has 0 aliphatic heterocycles. The molecule has 0 fully saturated rings. The maximum Gasteiger partial charge on any atom is 0.282 e. The number of nitrogens with zero attached hydrogens (tertiary/aromatic N) is 3. The molecule has 0 amide bonds. The fourth-order valence-electron chi connectivity index (χ4n) is 4.39. The average Bonchev–Trinajstić information content (AvgIpc) is 2.86. The highest BCUT2D eigenvalue weighted by Crippen LogP contribution is 2.39. The second-order valence-electron chi connectivity index (χ2n) is 11.3. The average molecular weight is 514 g/mol. The van der Waals surface area contributed by atoms with Crippen molar-refractivity contribution in [2.75, 3.05) is 14.2 Å². The highest BCUT2D eigenvalue weighted by Gasteiger charge is 2.26. The summed E-state index contributed by atoms with van der Waals surface area (Å²) < 4.78 is 12.2. The quantitative estimate of drug-likeness (QED) is 0.318. The van der Waals surface area contributed by atoms with Crippen molar-refractivity contribution in [3.8, 4) is 28.6 Å². The molecule has 0 radical (unpaired) electrons. The van der Waals surface area contributed by atoms with Gasteiger partial charge in [-0.25, -0.2) is 4.98 Å². The smallest absolute Gasteiger partial charge is 0.282 e. The summed E-state index contributed by atoms with van der Waals surface area (Å²) in [7, 11) is 3.13. The van der Waals surface area contributed by atoms with Gasteiger partial charge in [-0.15, -0.1) is 0 Å². The lowest BCUT2D eigenvalue weighted by atomic mass is 9.78. The summed E-state index contributed by atoms with van der Waals surface area (Å²) >= 11 is 0. The molecule has 4 rings (SSSR count). The molecule has 0 saturated heterocycles.